The lowest BCUT2D eigenvalue weighted by molar-refractivity contribution is -0.0391. The molecule has 0 aromatic heterocycles. The molecule has 0 saturated carbocycles. The van der Waals surface area contributed by atoms with E-state index >= 15 is 0 Å². The molecule has 0 amide bonds. The fourth-order valence-corrected chi connectivity index (χ4v) is 1.81. The van der Waals surface area contributed by atoms with Crippen molar-refractivity contribution < 1.29 is 9.84 Å². The van der Waals surface area contributed by atoms with E-state index in [9.17, 15) is 5.11 Å². The van der Waals surface area contributed by atoms with Crippen molar-refractivity contribution in [3.8, 4) is 0 Å². The van der Waals surface area contributed by atoms with Crippen LogP contribution in [0.1, 0.15) is 31.1 Å². The maximum Gasteiger partial charge on any atom is 0.105 e. The molecule has 2 unspecified atom stereocenters. The van der Waals surface area contributed by atoms with Crippen molar-refractivity contribution in [1.82, 2.24) is 0 Å². The lowest BCUT2D eigenvalue weighted by Gasteiger charge is -2.25. The van der Waals surface area contributed by atoms with E-state index in [0.717, 1.165) is 11.1 Å². The molecule has 0 aliphatic carbocycles. The Kier molecular flexibility index (Phi) is 4.30. The number of ether oxygens (including phenoxy) is 1. The van der Waals surface area contributed by atoms with Crippen LogP contribution in [0.5, 0.6) is 0 Å². The third-order valence-corrected chi connectivity index (χ3v) is 2.62. The van der Waals surface area contributed by atoms with Gasteiger partial charge in [-0.3, -0.25) is 0 Å². The lowest BCUT2D eigenvalue weighted by atomic mass is 9.95. The van der Waals surface area contributed by atoms with Gasteiger partial charge in [0.25, 0.3) is 0 Å². The first kappa shape index (κ1) is 12.2. The maximum absolute atomic E-state index is 10.2. The second kappa shape index (κ2) is 5.29. The highest BCUT2D eigenvalue weighted by molar-refractivity contribution is 5.24. The van der Waals surface area contributed by atoms with Crippen molar-refractivity contribution in [2.24, 2.45) is 5.92 Å². The monoisotopic (exact) mass is 208 g/mol. The van der Waals surface area contributed by atoms with Crippen molar-refractivity contribution in [2.45, 2.75) is 33.0 Å². The number of rotatable bonds is 4. The van der Waals surface area contributed by atoms with Crippen molar-refractivity contribution in [2.75, 3.05) is 7.11 Å². The summed E-state index contributed by atoms with van der Waals surface area (Å²) < 4.78 is 5.32. The van der Waals surface area contributed by atoms with Crippen LogP contribution < -0.4 is 0 Å². The standard InChI is InChI=1S/C13H20O2/c1-9(2)13(15-4)12(14)11-7-5-6-10(3)8-11/h5-9,12-14H,1-4H3. The molecule has 2 heteroatoms. The molecular weight excluding hydrogens is 188 g/mol. The van der Waals surface area contributed by atoms with Crippen LogP contribution in [-0.2, 0) is 4.74 Å². The zero-order valence-corrected chi connectivity index (χ0v) is 9.90. The molecule has 2 atom stereocenters. The highest BCUT2D eigenvalue weighted by atomic mass is 16.5. The number of methoxy groups -OCH3 is 1. The first-order valence-electron chi connectivity index (χ1n) is 5.33. The molecule has 2 nitrogen and oxygen atoms in total. The Morgan fingerprint density at radius 1 is 1.27 bits per heavy atom. The Morgan fingerprint density at radius 2 is 1.93 bits per heavy atom. The van der Waals surface area contributed by atoms with E-state index < -0.39 is 6.10 Å². The Labute approximate surface area is 91.9 Å². The number of aliphatic hydroxyl groups is 1. The average molecular weight is 208 g/mol. The van der Waals surface area contributed by atoms with Gasteiger partial charge in [0.15, 0.2) is 0 Å². The van der Waals surface area contributed by atoms with Gasteiger partial charge in [-0.15, -0.1) is 0 Å². The number of hydrogen-bond donors (Lipinski definition) is 1. The van der Waals surface area contributed by atoms with E-state index in [4.69, 9.17) is 4.74 Å². The van der Waals surface area contributed by atoms with Crippen LogP contribution in [-0.4, -0.2) is 18.3 Å². The summed E-state index contributed by atoms with van der Waals surface area (Å²) in [7, 11) is 1.64. The third kappa shape index (κ3) is 3.05. The molecule has 1 aromatic carbocycles. The van der Waals surface area contributed by atoms with E-state index in [1.165, 1.54) is 0 Å². The summed E-state index contributed by atoms with van der Waals surface area (Å²) in [5.41, 5.74) is 2.08. The summed E-state index contributed by atoms with van der Waals surface area (Å²) in [6.07, 6.45) is -0.693. The van der Waals surface area contributed by atoms with E-state index in [1.54, 1.807) is 7.11 Å². The molecule has 0 aliphatic heterocycles. The second-order valence-electron chi connectivity index (χ2n) is 4.30. The van der Waals surface area contributed by atoms with Gasteiger partial charge in [-0.05, 0) is 18.4 Å². The normalized spacial score (nSPS) is 15.3. The smallest absolute Gasteiger partial charge is 0.105 e. The van der Waals surface area contributed by atoms with E-state index in [2.05, 4.69) is 0 Å². The first-order chi connectivity index (χ1) is 7.06. The second-order valence-corrected chi connectivity index (χ2v) is 4.30. The topological polar surface area (TPSA) is 29.5 Å². The predicted molar refractivity (Wildman–Crippen MR) is 61.8 cm³/mol. The lowest BCUT2D eigenvalue weighted by Crippen LogP contribution is -2.26. The SMILES string of the molecule is COC(C(C)C)C(O)c1cccc(C)c1. The first-order valence-corrected chi connectivity index (χ1v) is 5.33. The van der Waals surface area contributed by atoms with Crippen molar-refractivity contribution >= 4 is 0 Å². The van der Waals surface area contributed by atoms with Gasteiger partial charge < -0.3 is 9.84 Å². The van der Waals surface area contributed by atoms with Gasteiger partial charge in [-0.1, -0.05) is 43.7 Å². The average Bonchev–Trinajstić information content (AvgIpc) is 2.18. The quantitative estimate of drug-likeness (QED) is 0.824. The predicted octanol–water partition coefficient (Wildman–Crippen LogP) is 2.70. The van der Waals surface area contributed by atoms with Gasteiger partial charge in [0.2, 0.25) is 0 Å². The Balaban J connectivity index is 2.87. The third-order valence-electron chi connectivity index (χ3n) is 2.62. The molecule has 0 heterocycles. The van der Waals surface area contributed by atoms with Crippen molar-refractivity contribution in [1.29, 1.82) is 0 Å². The molecule has 1 aromatic rings. The van der Waals surface area contributed by atoms with Crippen LogP contribution >= 0.6 is 0 Å². The van der Waals surface area contributed by atoms with Crippen LogP contribution in [0.25, 0.3) is 0 Å². The van der Waals surface area contributed by atoms with Crippen molar-refractivity contribution in [3.05, 3.63) is 35.4 Å². The molecule has 1 N–H and O–H groups in total. The van der Waals surface area contributed by atoms with E-state index in [1.807, 2.05) is 45.0 Å². The van der Waals surface area contributed by atoms with E-state index in [-0.39, 0.29) is 6.10 Å². The highest BCUT2D eigenvalue weighted by Gasteiger charge is 2.23. The highest BCUT2D eigenvalue weighted by Crippen LogP contribution is 2.24. The Hall–Kier alpha value is -0.860. The summed E-state index contributed by atoms with van der Waals surface area (Å²) in [4.78, 5) is 0. The molecule has 0 radical (unpaired) electrons. The molecule has 0 saturated heterocycles. The van der Waals surface area contributed by atoms with Gasteiger partial charge in [-0.2, -0.15) is 0 Å². The molecule has 15 heavy (non-hydrogen) atoms. The van der Waals surface area contributed by atoms with Crippen LogP contribution in [0.3, 0.4) is 0 Å². The summed E-state index contributed by atoms with van der Waals surface area (Å²) in [5, 5.41) is 10.2. The minimum atomic E-state index is -0.546. The Morgan fingerprint density at radius 3 is 2.40 bits per heavy atom. The van der Waals surface area contributed by atoms with Gasteiger partial charge in [0.1, 0.15) is 6.10 Å². The Bertz CT molecular complexity index is 307. The minimum absolute atomic E-state index is 0.146. The fraction of sp³-hybridized carbons (Fsp3) is 0.538. The largest absolute Gasteiger partial charge is 0.386 e. The summed E-state index contributed by atoms with van der Waals surface area (Å²) in [6.45, 7) is 6.12. The van der Waals surface area contributed by atoms with Gasteiger partial charge in [0, 0.05) is 7.11 Å². The zero-order valence-electron chi connectivity index (χ0n) is 9.90. The molecule has 1 rings (SSSR count). The number of aryl methyl sites for hydroxylation is 1. The number of benzene rings is 1. The molecule has 0 aliphatic rings. The van der Waals surface area contributed by atoms with Crippen LogP contribution in [0.2, 0.25) is 0 Å². The van der Waals surface area contributed by atoms with Gasteiger partial charge >= 0.3 is 0 Å². The molecule has 84 valence electrons. The maximum atomic E-state index is 10.2. The molecular formula is C13H20O2. The van der Waals surface area contributed by atoms with Crippen LogP contribution in [0.15, 0.2) is 24.3 Å². The van der Waals surface area contributed by atoms with Gasteiger partial charge in [0.05, 0.1) is 6.10 Å². The molecule has 0 spiro atoms. The molecule has 0 fully saturated rings. The van der Waals surface area contributed by atoms with Crippen LogP contribution in [0, 0.1) is 12.8 Å². The van der Waals surface area contributed by atoms with Gasteiger partial charge in [-0.25, -0.2) is 0 Å². The summed E-state index contributed by atoms with van der Waals surface area (Å²) in [5.74, 6) is 0.297. The van der Waals surface area contributed by atoms with Crippen LogP contribution in [0.4, 0.5) is 0 Å². The minimum Gasteiger partial charge on any atom is -0.386 e. The fourth-order valence-electron chi connectivity index (χ4n) is 1.81. The van der Waals surface area contributed by atoms with E-state index in [0.29, 0.717) is 5.92 Å². The number of aliphatic hydroxyl groups excluding tert-OH is 1. The summed E-state index contributed by atoms with van der Waals surface area (Å²) in [6, 6.07) is 7.92. The molecule has 0 bridgehead atoms. The zero-order chi connectivity index (χ0) is 11.4. The van der Waals surface area contributed by atoms with Crippen molar-refractivity contribution in [3.63, 3.8) is 0 Å². The number of hydrogen-bond acceptors (Lipinski definition) is 2. The summed E-state index contributed by atoms with van der Waals surface area (Å²) >= 11 is 0.